The molecule has 2 aliphatic heterocycles. The summed E-state index contributed by atoms with van der Waals surface area (Å²) in [5, 5.41) is 9.01. The Balaban J connectivity index is 1.37. The Morgan fingerprint density at radius 2 is 1.80 bits per heavy atom. The molecule has 8 nitrogen and oxygen atoms in total. The van der Waals surface area contributed by atoms with E-state index in [2.05, 4.69) is 15.1 Å². The molecule has 1 aromatic heterocycles. The highest BCUT2D eigenvalue weighted by Crippen LogP contribution is 2.34. The number of ether oxygens (including phenoxy) is 2. The second-order valence-electron chi connectivity index (χ2n) is 7.35. The van der Waals surface area contributed by atoms with Crippen LogP contribution in [-0.2, 0) is 16.1 Å². The van der Waals surface area contributed by atoms with Gasteiger partial charge in [0.25, 0.3) is 5.91 Å². The molecular formula is C22H23N5O3. The molecule has 2 aromatic carbocycles. The zero-order valence-corrected chi connectivity index (χ0v) is 16.6. The number of carbonyl (C=O) groups excluding carboxylic acids is 1. The lowest BCUT2D eigenvalue weighted by Crippen LogP contribution is -2.52. The van der Waals surface area contributed by atoms with Gasteiger partial charge < -0.3 is 19.3 Å². The molecule has 1 unspecified atom stereocenters. The van der Waals surface area contributed by atoms with E-state index in [1.165, 1.54) is 0 Å². The Morgan fingerprint density at radius 3 is 2.63 bits per heavy atom. The number of fused-ring (bicyclic) bond motifs is 1. The normalized spacial score (nSPS) is 18.6. The van der Waals surface area contributed by atoms with E-state index in [4.69, 9.17) is 9.47 Å². The number of nitrogens with zero attached hydrogens (tertiary/aromatic N) is 5. The van der Waals surface area contributed by atoms with Gasteiger partial charge in [-0.25, -0.2) is 0 Å². The summed E-state index contributed by atoms with van der Waals surface area (Å²) in [4.78, 5) is 18.6. The van der Waals surface area contributed by atoms with Crippen LogP contribution in [0.2, 0.25) is 0 Å². The van der Waals surface area contributed by atoms with Crippen LogP contribution in [-0.4, -0.2) is 64.8 Å². The Labute approximate surface area is 174 Å². The average molecular weight is 405 g/mol. The maximum Gasteiger partial charge on any atom is 0.265 e. The van der Waals surface area contributed by atoms with Crippen molar-refractivity contribution >= 4 is 11.6 Å². The fraction of sp³-hybridized carbons (Fsp3) is 0.318. The molecule has 1 atom stereocenters. The van der Waals surface area contributed by atoms with Gasteiger partial charge in [-0.3, -0.25) is 4.79 Å². The number of morpholine rings is 1. The molecule has 0 bridgehead atoms. The molecule has 0 radical (unpaired) electrons. The Kier molecular flexibility index (Phi) is 5.06. The molecule has 2 aliphatic rings. The Bertz CT molecular complexity index is 1020. The molecule has 154 valence electrons. The average Bonchev–Trinajstić information content (AvgIpc) is 3.28. The van der Waals surface area contributed by atoms with Crippen LogP contribution in [0.5, 0.6) is 5.75 Å². The third kappa shape index (κ3) is 3.73. The number of hydrogen-bond donors (Lipinski definition) is 0. The minimum absolute atomic E-state index is 0.00532. The van der Waals surface area contributed by atoms with Gasteiger partial charge in [-0.1, -0.05) is 30.3 Å². The number of amides is 1. The summed E-state index contributed by atoms with van der Waals surface area (Å²) in [6.45, 7) is 3.35. The van der Waals surface area contributed by atoms with E-state index in [0.29, 0.717) is 45.1 Å². The van der Waals surface area contributed by atoms with E-state index in [9.17, 15) is 4.79 Å². The standard InChI is InChI=1S/C22H23N5O3/c28-22(25-10-12-29-13-11-25)21-16-26(19-8-4-5-9-20(19)30-21)15-17-14-23-27(24-17)18-6-2-1-3-7-18/h1-9,14,21H,10-13,15-16H2. The number of para-hydroxylation sites is 3. The molecular weight excluding hydrogens is 382 g/mol. The minimum atomic E-state index is -0.554. The zero-order chi connectivity index (χ0) is 20.3. The van der Waals surface area contributed by atoms with Crippen LogP contribution in [0, 0.1) is 0 Å². The predicted octanol–water partition coefficient (Wildman–Crippen LogP) is 1.89. The van der Waals surface area contributed by atoms with Gasteiger partial charge in [0.1, 0.15) is 11.4 Å². The van der Waals surface area contributed by atoms with Crippen molar-refractivity contribution in [3.8, 4) is 11.4 Å². The maximum absolute atomic E-state index is 13.0. The van der Waals surface area contributed by atoms with Crippen molar-refractivity contribution in [3.63, 3.8) is 0 Å². The number of anilines is 1. The van der Waals surface area contributed by atoms with E-state index in [-0.39, 0.29) is 5.91 Å². The Morgan fingerprint density at radius 1 is 1.03 bits per heavy atom. The molecule has 1 fully saturated rings. The second kappa shape index (κ2) is 8.16. The van der Waals surface area contributed by atoms with E-state index in [1.807, 2.05) is 59.5 Å². The van der Waals surface area contributed by atoms with Gasteiger partial charge in [0.05, 0.1) is 43.9 Å². The highest BCUT2D eigenvalue weighted by molar-refractivity contribution is 5.83. The highest BCUT2D eigenvalue weighted by Gasteiger charge is 2.34. The molecule has 1 amide bonds. The molecule has 8 heteroatoms. The molecule has 0 spiro atoms. The lowest BCUT2D eigenvalue weighted by Gasteiger charge is -2.38. The van der Waals surface area contributed by atoms with Crippen molar-refractivity contribution in [3.05, 3.63) is 66.5 Å². The van der Waals surface area contributed by atoms with Gasteiger partial charge in [-0.15, -0.1) is 0 Å². The second-order valence-corrected chi connectivity index (χ2v) is 7.35. The summed E-state index contributed by atoms with van der Waals surface area (Å²) in [5.41, 5.74) is 2.69. The molecule has 0 aliphatic carbocycles. The Hall–Kier alpha value is -3.39. The lowest BCUT2D eigenvalue weighted by molar-refractivity contribution is -0.142. The predicted molar refractivity (Wildman–Crippen MR) is 111 cm³/mol. The summed E-state index contributed by atoms with van der Waals surface area (Å²) >= 11 is 0. The first-order valence-corrected chi connectivity index (χ1v) is 10.1. The molecule has 1 saturated heterocycles. The molecule has 0 saturated carbocycles. The first-order chi connectivity index (χ1) is 14.8. The smallest absolute Gasteiger partial charge is 0.265 e. The van der Waals surface area contributed by atoms with Gasteiger partial charge in [0.2, 0.25) is 0 Å². The van der Waals surface area contributed by atoms with Crippen molar-refractivity contribution in [1.29, 1.82) is 0 Å². The van der Waals surface area contributed by atoms with Crippen molar-refractivity contribution in [2.75, 3.05) is 37.7 Å². The van der Waals surface area contributed by atoms with Gasteiger partial charge in [-0.05, 0) is 24.3 Å². The summed E-state index contributed by atoms with van der Waals surface area (Å²) < 4.78 is 11.4. The quantitative estimate of drug-likeness (QED) is 0.660. The third-order valence-electron chi connectivity index (χ3n) is 5.34. The van der Waals surface area contributed by atoms with Crippen molar-refractivity contribution in [2.24, 2.45) is 0 Å². The number of rotatable bonds is 4. The molecule has 30 heavy (non-hydrogen) atoms. The number of benzene rings is 2. The highest BCUT2D eigenvalue weighted by atomic mass is 16.5. The maximum atomic E-state index is 13.0. The van der Waals surface area contributed by atoms with Crippen molar-refractivity contribution in [1.82, 2.24) is 19.9 Å². The molecule has 3 aromatic rings. The van der Waals surface area contributed by atoms with Gasteiger partial charge in [0.15, 0.2) is 6.10 Å². The van der Waals surface area contributed by atoms with E-state index >= 15 is 0 Å². The summed E-state index contributed by atoms with van der Waals surface area (Å²) in [6.07, 6.45) is 1.21. The van der Waals surface area contributed by atoms with Crippen LogP contribution in [0.25, 0.3) is 5.69 Å². The largest absolute Gasteiger partial charge is 0.477 e. The number of hydrogen-bond acceptors (Lipinski definition) is 6. The van der Waals surface area contributed by atoms with Crippen LogP contribution in [0.1, 0.15) is 5.69 Å². The molecule has 3 heterocycles. The van der Waals surface area contributed by atoms with Crippen LogP contribution in [0.15, 0.2) is 60.8 Å². The first-order valence-electron chi connectivity index (χ1n) is 10.1. The van der Waals surface area contributed by atoms with Crippen molar-refractivity contribution < 1.29 is 14.3 Å². The molecule has 5 rings (SSSR count). The van der Waals surface area contributed by atoms with Crippen LogP contribution < -0.4 is 9.64 Å². The van der Waals surface area contributed by atoms with Gasteiger partial charge in [0, 0.05) is 13.1 Å². The van der Waals surface area contributed by atoms with E-state index < -0.39 is 6.10 Å². The third-order valence-corrected chi connectivity index (χ3v) is 5.34. The first kappa shape index (κ1) is 18.6. The number of aromatic nitrogens is 3. The van der Waals surface area contributed by atoms with Crippen LogP contribution >= 0.6 is 0 Å². The monoisotopic (exact) mass is 405 g/mol. The molecule has 0 N–H and O–H groups in total. The SMILES string of the molecule is O=C(C1CN(Cc2cnn(-c3ccccc3)n2)c2ccccc2O1)N1CCOCC1. The van der Waals surface area contributed by atoms with E-state index in [0.717, 1.165) is 17.1 Å². The summed E-state index contributed by atoms with van der Waals surface area (Å²) in [7, 11) is 0. The fourth-order valence-electron chi connectivity index (χ4n) is 3.82. The van der Waals surface area contributed by atoms with Gasteiger partial charge >= 0.3 is 0 Å². The van der Waals surface area contributed by atoms with Crippen LogP contribution in [0.4, 0.5) is 5.69 Å². The van der Waals surface area contributed by atoms with Crippen molar-refractivity contribution in [2.45, 2.75) is 12.6 Å². The topological polar surface area (TPSA) is 72.7 Å². The zero-order valence-electron chi connectivity index (χ0n) is 16.6. The summed E-state index contributed by atoms with van der Waals surface area (Å²) in [6, 6.07) is 17.6. The minimum Gasteiger partial charge on any atom is -0.477 e. The fourth-order valence-corrected chi connectivity index (χ4v) is 3.82. The van der Waals surface area contributed by atoms with Crippen LogP contribution in [0.3, 0.4) is 0 Å². The number of carbonyl (C=O) groups is 1. The van der Waals surface area contributed by atoms with E-state index in [1.54, 1.807) is 11.0 Å². The summed E-state index contributed by atoms with van der Waals surface area (Å²) in [5.74, 6) is 0.719. The lowest BCUT2D eigenvalue weighted by atomic mass is 10.1. The van der Waals surface area contributed by atoms with Gasteiger partial charge in [-0.2, -0.15) is 15.0 Å².